The van der Waals surface area contributed by atoms with Crippen molar-refractivity contribution < 1.29 is 59.4 Å². The maximum Gasteiger partial charge on any atom is 0.432 e. The highest BCUT2D eigenvalue weighted by Crippen LogP contribution is 2.72. The molecule has 0 heterocycles. The number of alkyl halides is 5. The summed E-state index contributed by atoms with van der Waals surface area (Å²) in [4.78, 5) is 12.1. The van der Waals surface area contributed by atoms with E-state index in [1.165, 1.54) is 0 Å². The van der Waals surface area contributed by atoms with E-state index in [1.54, 1.807) is 27.7 Å². The van der Waals surface area contributed by atoms with Crippen LogP contribution in [-0.4, -0.2) is 70.1 Å². The average molecular weight is 538 g/mol. The quantitative estimate of drug-likeness (QED) is 0.274. The topological polar surface area (TPSA) is 133 Å². The van der Waals surface area contributed by atoms with E-state index in [0.717, 1.165) is 0 Å². The van der Waals surface area contributed by atoms with E-state index >= 15 is 0 Å². The van der Waals surface area contributed by atoms with E-state index in [4.69, 9.17) is 4.74 Å². The zero-order valence-corrected chi connectivity index (χ0v) is 20.6. The fraction of sp³-hybridized carbons (Fsp3) is 0.952. The Hall–Kier alpha value is -1.09. The van der Waals surface area contributed by atoms with Gasteiger partial charge in [0.2, 0.25) is 0 Å². The van der Waals surface area contributed by atoms with Gasteiger partial charge < -0.3 is 24.2 Å². The van der Waals surface area contributed by atoms with Crippen molar-refractivity contribution in [2.45, 2.75) is 101 Å². The predicted octanol–water partition coefficient (Wildman–Crippen LogP) is 2.87. The zero-order chi connectivity index (χ0) is 27.1. The molecule has 0 spiro atoms. The third kappa shape index (κ3) is 4.80. The van der Waals surface area contributed by atoms with Gasteiger partial charge in [-0.05, 0) is 72.1 Å². The Morgan fingerprint density at radius 2 is 1.43 bits per heavy atom. The van der Waals surface area contributed by atoms with Crippen LogP contribution in [0, 0.1) is 16.7 Å². The van der Waals surface area contributed by atoms with E-state index in [2.05, 4.69) is 4.74 Å². The first-order valence-corrected chi connectivity index (χ1v) is 12.5. The van der Waals surface area contributed by atoms with Crippen LogP contribution < -0.4 is 0 Å². The Kier molecular flexibility index (Phi) is 6.47. The van der Waals surface area contributed by atoms with E-state index < -0.39 is 67.9 Å². The lowest BCUT2D eigenvalue weighted by Crippen LogP contribution is -2.70. The number of carbonyl (C=O) groups is 1. The van der Waals surface area contributed by atoms with E-state index in [1.807, 2.05) is 0 Å². The molecule has 0 amide bonds. The maximum absolute atomic E-state index is 13.7. The molecular weight excluding hydrogens is 507 g/mol. The number of rotatable bonds is 8. The van der Waals surface area contributed by atoms with Gasteiger partial charge in [0.25, 0.3) is 6.10 Å². The Morgan fingerprint density at radius 3 is 1.80 bits per heavy atom. The largest absolute Gasteiger partial charge is 0.743 e. The van der Waals surface area contributed by atoms with Crippen molar-refractivity contribution in [3.63, 3.8) is 0 Å². The molecule has 35 heavy (non-hydrogen) atoms. The molecule has 8 nitrogen and oxygen atoms in total. The van der Waals surface area contributed by atoms with Gasteiger partial charge in [-0.1, -0.05) is 0 Å². The summed E-state index contributed by atoms with van der Waals surface area (Å²) in [6.45, 7) is 5.22. The van der Waals surface area contributed by atoms with Crippen molar-refractivity contribution in [1.82, 2.24) is 0 Å². The minimum atomic E-state index is -6.81. The van der Waals surface area contributed by atoms with E-state index in [-0.39, 0.29) is 18.8 Å². The monoisotopic (exact) mass is 537 g/mol. The molecule has 0 aromatic carbocycles. The number of ether oxygens (including phenoxy) is 2. The molecule has 4 saturated carbocycles. The highest BCUT2D eigenvalue weighted by atomic mass is 32.2. The van der Waals surface area contributed by atoms with Gasteiger partial charge in [0.05, 0.1) is 16.8 Å². The van der Waals surface area contributed by atoms with Gasteiger partial charge in [-0.2, -0.15) is 22.0 Å². The average Bonchev–Trinajstić information content (AvgIpc) is 2.59. The highest BCUT2D eigenvalue weighted by molar-refractivity contribution is 7.86. The summed E-state index contributed by atoms with van der Waals surface area (Å²) in [6.07, 6.45) is -8.12. The third-order valence-corrected chi connectivity index (χ3v) is 9.18. The lowest BCUT2D eigenvalue weighted by atomic mass is 9.37. The number of carbonyl (C=O) groups excluding carboxylic acids is 1. The molecule has 4 rings (SSSR count). The smallest absolute Gasteiger partial charge is 0.432 e. The van der Waals surface area contributed by atoms with Crippen LogP contribution in [-0.2, 0) is 24.4 Å². The Balaban J connectivity index is 1.86. The molecule has 204 valence electrons. The number of esters is 1. The number of aliphatic hydroxyl groups is 2. The molecule has 4 bridgehead atoms. The van der Waals surface area contributed by atoms with Crippen molar-refractivity contribution in [2.24, 2.45) is 16.7 Å². The zero-order valence-electron chi connectivity index (χ0n) is 19.7. The van der Waals surface area contributed by atoms with Crippen molar-refractivity contribution in [3.8, 4) is 0 Å². The fourth-order valence-electron chi connectivity index (χ4n) is 6.71. The molecule has 4 fully saturated rings. The molecule has 14 heteroatoms. The molecule has 4 aliphatic rings. The lowest BCUT2D eigenvalue weighted by molar-refractivity contribution is -0.294. The molecule has 2 N–H and O–H groups in total. The number of hydrogen-bond donors (Lipinski definition) is 2. The van der Waals surface area contributed by atoms with Crippen LogP contribution in [0.3, 0.4) is 0 Å². The minimum Gasteiger partial charge on any atom is -0.743 e. The molecule has 0 radical (unpaired) electrons. The Bertz CT molecular complexity index is 936. The van der Waals surface area contributed by atoms with Gasteiger partial charge in [0.1, 0.15) is 6.61 Å². The Morgan fingerprint density at radius 1 is 0.971 bits per heavy atom. The minimum absolute atomic E-state index is 0.0435. The second-order valence-corrected chi connectivity index (χ2v) is 13.0. The predicted molar refractivity (Wildman–Crippen MR) is 108 cm³/mol. The van der Waals surface area contributed by atoms with Crippen molar-refractivity contribution in [3.05, 3.63) is 0 Å². The van der Waals surface area contributed by atoms with Gasteiger partial charge >= 0.3 is 17.4 Å². The van der Waals surface area contributed by atoms with Gasteiger partial charge in [-0.25, -0.2) is 13.2 Å². The summed E-state index contributed by atoms with van der Waals surface area (Å²) in [5.74, 6) is -1.97. The van der Waals surface area contributed by atoms with Crippen LogP contribution in [0.5, 0.6) is 0 Å². The lowest BCUT2D eigenvalue weighted by Gasteiger charge is -2.71. The van der Waals surface area contributed by atoms with E-state index in [9.17, 15) is 49.9 Å². The molecule has 0 aromatic heterocycles. The summed E-state index contributed by atoms with van der Waals surface area (Å²) in [7, 11) is -6.81. The van der Waals surface area contributed by atoms with Crippen molar-refractivity contribution >= 4 is 16.1 Å². The second-order valence-electron chi connectivity index (χ2n) is 11.6. The van der Waals surface area contributed by atoms with E-state index in [0.29, 0.717) is 25.7 Å². The summed E-state index contributed by atoms with van der Waals surface area (Å²) in [5.41, 5.74) is -5.11. The molecule has 3 atom stereocenters. The van der Waals surface area contributed by atoms with Crippen LogP contribution in [0.4, 0.5) is 22.0 Å². The van der Waals surface area contributed by atoms with Crippen LogP contribution in [0.1, 0.15) is 66.2 Å². The second kappa shape index (κ2) is 7.95. The number of halogens is 5. The fourth-order valence-corrected chi connectivity index (χ4v) is 7.15. The van der Waals surface area contributed by atoms with Gasteiger partial charge in [-0.3, -0.25) is 0 Å². The van der Waals surface area contributed by atoms with Crippen LogP contribution in [0.15, 0.2) is 0 Å². The molecule has 0 saturated heterocycles. The normalized spacial score (nSPS) is 34.7. The summed E-state index contributed by atoms with van der Waals surface area (Å²) >= 11 is 0. The first-order valence-electron chi connectivity index (χ1n) is 11.1. The first kappa shape index (κ1) is 28.5. The van der Waals surface area contributed by atoms with Crippen molar-refractivity contribution in [2.75, 3.05) is 6.61 Å². The summed E-state index contributed by atoms with van der Waals surface area (Å²) in [5, 5.41) is 16.1. The molecular formula is C21H30F5O8S-. The molecule has 0 aromatic rings. The number of hydrogen-bond acceptors (Lipinski definition) is 8. The molecule has 3 unspecified atom stereocenters. The van der Waals surface area contributed by atoms with Crippen LogP contribution in [0.25, 0.3) is 0 Å². The van der Waals surface area contributed by atoms with Gasteiger partial charge in [0, 0.05) is 10.8 Å². The standard InChI is InChI=1S/C21H31F5O8S/c1-15(2,28)17-5-12-6-18(9-17,16(3,4)29)11-19(7-12,10-17)33-8-13(27)34-14(20(22,23)24)21(25,26)35(30,31)32/h12,14,28-29H,5-11H2,1-4H3,(H,30,31,32)/p-1. The highest BCUT2D eigenvalue weighted by Gasteiger charge is 2.70. The maximum atomic E-state index is 13.7. The summed E-state index contributed by atoms with van der Waals surface area (Å²) in [6, 6.07) is 0. The van der Waals surface area contributed by atoms with Gasteiger partial charge in [-0.15, -0.1) is 0 Å². The Labute approximate surface area is 199 Å². The van der Waals surface area contributed by atoms with Crippen LogP contribution >= 0.6 is 0 Å². The first-order chi connectivity index (χ1) is 15.4. The molecule has 0 aliphatic heterocycles. The van der Waals surface area contributed by atoms with Crippen molar-refractivity contribution in [1.29, 1.82) is 0 Å². The molecule has 4 aliphatic carbocycles. The van der Waals surface area contributed by atoms with Crippen LogP contribution in [0.2, 0.25) is 0 Å². The SMILES string of the molecule is CC(C)(O)C12CC3CC(OCC(=O)OC(C(F)(F)F)C(F)(F)S(=O)(=O)[O-])(C1)CC(C(C)(C)O)(C3)C2. The summed E-state index contributed by atoms with van der Waals surface area (Å²) < 4.78 is 108. The van der Waals surface area contributed by atoms with Gasteiger partial charge in [0.15, 0.2) is 10.1 Å². The third-order valence-electron chi connectivity index (χ3n) is 8.29.